The molecule has 102 valence electrons. The molecule has 0 bridgehead atoms. The Hall–Kier alpha value is -1.88. The number of hydrogen-bond acceptors (Lipinski definition) is 5. The van der Waals surface area contributed by atoms with Crippen molar-refractivity contribution in [3.8, 4) is 17.2 Å². The fraction of sp³-hybridized carbons (Fsp3) is 0.429. The van der Waals surface area contributed by atoms with Crippen LogP contribution in [0.3, 0.4) is 0 Å². The van der Waals surface area contributed by atoms with Gasteiger partial charge in [-0.25, -0.2) is 0 Å². The smallest absolute Gasteiger partial charge is 0.258 e. The topological polar surface area (TPSA) is 68.4 Å². The van der Waals surface area contributed by atoms with Gasteiger partial charge >= 0.3 is 0 Å². The normalized spacial score (nSPS) is 11.8. The Morgan fingerprint density at radius 3 is 2.74 bits per heavy atom. The number of aromatic nitrogens is 2. The number of phenolic OH excluding ortho intramolecular Hbond substituents is 1. The fourth-order valence-electron chi connectivity index (χ4n) is 1.80. The molecule has 1 aromatic heterocycles. The maximum atomic E-state index is 9.51. The molecule has 0 atom stereocenters. The minimum absolute atomic E-state index is 0.248. The molecule has 0 saturated heterocycles. The molecule has 0 unspecified atom stereocenters. The molecule has 0 aliphatic rings. The molecule has 5 nitrogen and oxygen atoms in total. The summed E-state index contributed by atoms with van der Waals surface area (Å²) < 4.78 is 10.8. The van der Waals surface area contributed by atoms with Crippen molar-refractivity contribution in [2.45, 2.75) is 33.3 Å². The summed E-state index contributed by atoms with van der Waals surface area (Å²) in [5.41, 5.74) is 0.963. The lowest BCUT2D eigenvalue weighted by atomic mass is 10.1. The minimum Gasteiger partial charge on any atom is -0.508 e. The van der Waals surface area contributed by atoms with Gasteiger partial charge in [-0.1, -0.05) is 5.16 Å². The Morgan fingerprint density at radius 1 is 1.37 bits per heavy atom. The molecule has 0 spiro atoms. The number of phenols is 1. The Labute approximate surface area is 112 Å². The summed E-state index contributed by atoms with van der Waals surface area (Å²) in [5.74, 6) is 1.18. The highest BCUT2D eigenvalue weighted by molar-refractivity contribution is 5.56. The second-order valence-electron chi connectivity index (χ2n) is 4.87. The molecule has 2 rings (SSSR count). The summed E-state index contributed by atoms with van der Waals surface area (Å²) in [5, 5.41) is 13.5. The number of benzene rings is 1. The van der Waals surface area contributed by atoms with Crippen LogP contribution in [0.15, 0.2) is 22.7 Å². The third-order valence-electron chi connectivity index (χ3n) is 2.91. The average molecular weight is 262 g/mol. The van der Waals surface area contributed by atoms with Gasteiger partial charge in [0.25, 0.3) is 5.89 Å². The second kappa shape index (κ2) is 5.01. The zero-order valence-electron chi connectivity index (χ0n) is 11.6. The second-order valence-corrected chi connectivity index (χ2v) is 4.87. The zero-order chi connectivity index (χ0) is 14.0. The molecular weight excluding hydrogens is 244 g/mol. The van der Waals surface area contributed by atoms with Gasteiger partial charge in [-0.05, 0) is 51.5 Å². The maximum Gasteiger partial charge on any atom is 0.258 e. The van der Waals surface area contributed by atoms with Crippen LogP contribution in [0.1, 0.15) is 32.2 Å². The van der Waals surface area contributed by atoms with Crippen molar-refractivity contribution < 1.29 is 14.4 Å². The van der Waals surface area contributed by atoms with E-state index in [1.807, 2.05) is 27.7 Å². The van der Waals surface area contributed by atoms with Crippen molar-refractivity contribution in [3.05, 3.63) is 29.6 Å². The van der Waals surface area contributed by atoms with Gasteiger partial charge < -0.3 is 14.4 Å². The van der Waals surface area contributed by atoms with Gasteiger partial charge in [0.1, 0.15) is 11.4 Å². The molecule has 0 aliphatic carbocycles. The van der Waals surface area contributed by atoms with Gasteiger partial charge in [-0.2, -0.15) is 4.98 Å². The van der Waals surface area contributed by atoms with Crippen LogP contribution in [0.5, 0.6) is 5.75 Å². The van der Waals surface area contributed by atoms with Gasteiger partial charge in [0.05, 0.1) is 0 Å². The van der Waals surface area contributed by atoms with E-state index in [9.17, 15) is 5.11 Å². The third-order valence-corrected chi connectivity index (χ3v) is 2.91. The molecule has 0 aliphatic heterocycles. The summed E-state index contributed by atoms with van der Waals surface area (Å²) in [6.07, 6.45) is 0. The largest absolute Gasteiger partial charge is 0.508 e. The van der Waals surface area contributed by atoms with E-state index >= 15 is 0 Å². The van der Waals surface area contributed by atoms with Crippen molar-refractivity contribution in [2.75, 3.05) is 6.61 Å². The van der Waals surface area contributed by atoms with Crippen LogP contribution in [0.4, 0.5) is 0 Å². The summed E-state index contributed by atoms with van der Waals surface area (Å²) in [6, 6.07) is 5.16. The van der Waals surface area contributed by atoms with E-state index in [0.717, 1.165) is 11.1 Å². The fourth-order valence-corrected chi connectivity index (χ4v) is 1.80. The predicted molar refractivity (Wildman–Crippen MR) is 70.8 cm³/mol. The van der Waals surface area contributed by atoms with Gasteiger partial charge in [0.2, 0.25) is 5.82 Å². The van der Waals surface area contributed by atoms with Gasteiger partial charge in [-0.15, -0.1) is 0 Å². The van der Waals surface area contributed by atoms with E-state index in [4.69, 9.17) is 9.26 Å². The van der Waals surface area contributed by atoms with E-state index in [0.29, 0.717) is 18.3 Å². The molecule has 0 radical (unpaired) electrons. The first-order valence-corrected chi connectivity index (χ1v) is 6.22. The van der Waals surface area contributed by atoms with Crippen molar-refractivity contribution in [3.63, 3.8) is 0 Å². The van der Waals surface area contributed by atoms with Gasteiger partial charge in [0, 0.05) is 12.2 Å². The number of aryl methyl sites for hydroxylation is 1. The van der Waals surface area contributed by atoms with Crippen LogP contribution in [-0.2, 0) is 10.3 Å². The molecule has 1 heterocycles. The highest BCUT2D eigenvalue weighted by Gasteiger charge is 2.27. The van der Waals surface area contributed by atoms with E-state index in [2.05, 4.69) is 10.1 Å². The van der Waals surface area contributed by atoms with Crippen molar-refractivity contribution in [2.24, 2.45) is 0 Å². The zero-order valence-corrected chi connectivity index (χ0v) is 11.6. The summed E-state index contributed by atoms with van der Waals surface area (Å²) in [6.45, 7) is 8.11. The molecule has 1 aromatic carbocycles. The first-order chi connectivity index (χ1) is 8.94. The first kappa shape index (κ1) is 13.5. The van der Waals surface area contributed by atoms with Crippen molar-refractivity contribution in [1.29, 1.82) is 0 Å². The third kappa shape index (κ3) is 2.76. The number of aromatic hydroxyl groups is 1. The lowest BCUT2D eigenvalue weighted by molar-refractivity contribution is -0.0221. The maximum absolute atomic E-state index is 9.51. The van der Waals surface area contributed by atoms with Gasteiger partial charge in [0.15, 0.2) is 0 Å². The minimum atomic E-state index is -0.581. The van der Waals surface area contributed by atoms with Crippen LogP contribution < -0.4 is 0 Å². The first-order valence-electron chi connectivity index (χ1n) is 6.22. The summed E-state index contributed by atoms with van der Waals surface area (Å²) >= 11 is 0. The van der Waals surface area contributed by atoms with Crippen LogP contribution in [0, 0.1) is 6.92 Å². The lowest BCUT2D eigenvalue weighted by Gasteiger charge is -2.19. The monoisotopic (exact) mass is 262 g/mol. The molecule has 0 fully saturated rings. The highest BCUT2D eigenvalue weighted by Crippen LogP contribution is 2.27. The number of ether oxygens (including phenoxy) is 1. The Balaban J connectivity index is 2.33. The molecule has 0 saturated carbocycles. The summed E-state index contributed by atoms with van der Waals surface area (Å²) in [4.78, 5) is 4.36. The average Bonchev–Trinajstić information content (AvgIpc) is 2.83. The quantitative estimate of drug-likeness (QED) is 0.917. The predicted octanol–water partition coefficient (Wildman–Crippen LogP) is 3.02. The Bertz CT molecular complexity index is 576. The Kier molecular flexibility index (Phi) is 3.57. The molecule has 5 heteroatoms. The van der Waals surface area contributed by atoms with E-state index in [1.165, 1.54) is 0 Å². The molecular formula is C14H18N2O3. The van der Waals surface area contributed by atoms with Crippen LogP contribution in [0.25, 0.3) is 11.5 Å². The number of rotatable bonds is 4. The van der Waals surface area contributed by atoms with Crippen LogP contribution in [-0.4, -0.2) is 21.9 Å². The molecule has 1 N–H and O–H groups in total. The number of nitrogens with zero attached hydrogens (tertiary/aromatic N) is 2. The molecule has 2 aromatic rings. The van der Waals surface area contributed by atoms with Crippen molar-refractivity contribution >= 4 is 0 Å². The molecule has 0 amide bonds. The highest BCUT2D eigenvalue weighted by atomic mass is 16.5. The van der Waals surface area contributed by atoms with Gasteiger partial charge in [-0.3, -0.25) is 0 Å². The van der Waals surface area contributed by atoms with Crippen molar-refractivity contribution in [1.82, 2.24) is 10.1 Å². The SMILES string of the molecule is CCOC(C)(C)c1noc(-c2ccc(O)c(C)c2)n1. The lowest BCUT2D eigenvalue weighted by Crippen LogP contribution is -2.23. The van der Waals surface area contributed by atoms with E-state index in [-0.39, 0.29) is 5.75 Å². The number of hydrogen-bond donors (Lipinski definition) is 1. The van der Waals surface area contributed by atoms with Crippen LogP contribution >= 0.6 is 0 Å². The molecule has 19 heavy (non-hydrogen) atoms. The van der Waals surface area contributed by atoms with E-state index in [1.54, 1.807) is 18.2 Å². The Morgan fingerprint density at radius 2 is 2.11 bits per heavy atom. The van der Waals surface area contributed by atoms with E-state index < -0.39 is 5.60 Å². The van der Waals surface area contributed by atoms with Crippen LogP contribution in [0.2, 0.25) is 0 Å². The summed E-state index contributed by atoms with van der Waals surface area (Å²) in [7, 11) is 0. The standard InChI is InChI=1S/C14H18N2O3/c1-5-18-14(3,4)13-15-12(19-16-13)10-6-7-11(17)9(2)8-10/h6-8,17H,5H2,1-4H3.